The van der Waals surface area contributed by atoms with Crippen molar-refractivity contribution in [1.29, 1.82) is 0 Å². The van der Waals surface area contributed by atoms with Crippen molar-refractivity contribution in [2.24, 2.45) is 11.8 Å². The highest BCUT2D eigenvalue weighted by molar-refractivity contribution is 6.00. The SMILES string of the molecule is C=CCOc1ccc(N2CC(C(=O)NN)CC2=O)cc1. The molecule has 2 rings (SSSR count). The smallest absolute Gasteiger partial charge is 0.239 e. The Hall–Kier alpha value is -2.34. The number of carbonyl (C=O) groups is 2. The third-order valence-corrected chi connectivity index (χ3v) is 3.15. The zero-order valence-electron chi connectivity index (χ0n) is 11.0. The van der Waals surface area contributed by atoms with Gasteiger partial charge in [0.25, 0.3) is 0 Å². The van der Waals surface area contributed by atoms with Crippen molar-refractivity contribution in [3.63, 3.8) is 0 Å². The molecule has 1 fully saturated rings. The molecule has 0 bridgehead atoms. The van der Waals surface area contributed by atoms with Gasteiger partial charge in [-0.15, -0.1) is 0 Å². The minimum Gasteiger partial charge on any atom is -0.490 e. The summed E-state index contributed by atoms with van der Waals surface area (Å²) in [6.07, 6.45) is 1.84. The van der Waals surface area contributed by atoms with Crippen LogP contribution in [0.25, 0.3) is 0 Å². The van der Waals surface area contributed by atoms with Gasteiger partial charge in [0.05, 0.1) is 5.92 Å². The Labute approximate surface area is 117 Å². The monoisotopic (exact) mass is 275 g/mol. The molecular formula is C14H17N3O3. The third kappa shape index (κ3) is 2.97. The molecule has 106 valence electrons. The highest BCUT2D eigenvalue weighted by Gasteiger charge is 2.34. The summed E-state index contributed by atoms with van der Waals surface area (Å²) in [7, 11) is 0. The summed E-state index contributed by atoms with van der Waals surface area (Å²) in [4.78, 5) is 25.0. The Balaban J connectivity index is 2.06. The molecule has 1 aliphatic heterocycles. The summed E-state index contributed by atoms with van der Waals surface area (Å²) < 4.78 is 5.37. The number of hydrazine groups is 1. The summed E-state index contributed by atoms with van der Waals surface area (Å²) in [5.41, 5.74) is 2.83. The highest BCUT2D eigenvalue weighted by Crippen LogP contribution is 2.26. The van der Waals surface area contributed by atoms with Gasteiger partial charge < -0.3 is 9.64 Å². The molecule has 2 amide bonds. The van der Waals surface area contributed by atoms with Gasteiger partial charge in [-0.3, -0.25) is 15.0 Å². The van der Waals surface area contributed by atoms with Crippen molar-refractivity contribution in [3.8, 4) is 5.75 Å². The number of hydrogen-bond acceptors (Lipinski definition) is 4. The van der Waals surface area contributed by atoms with E-state index in [1.165, 1.54) is 0 Å². The van der Waals surface area contributed by atoms with Crippen LogP contribution in [0.1, 0.15) is 6.42 Å². The molecule has 0 radical (unpaired) electrons. The van der Waals surface area contributed by atoms with Crippen LogP contribution in [0.3, 0.4) is 0 Å². The lowest BCUT2D eigenvalue weighted by molar-refractivity contribution is -0.126. The van der Waals surface area contributed by atoms with Gasteiger partial charge in [0.15, 0.2) is 0 Å². The molecule has 1 unspecified atom stereocenters. The first-order chi connectivity index (χ1) is 9.65. The fraction of sp³-hybridized carbons (Fsp3) is 0.286. The van der Waals surface area contributed by atoms with Crippen LogP contribution in [0.4, 0.5) is 5.69 Å². The van der Waals surface area contributed by atoms with Crippen molar-refractivity contribution < 1.29 is 14.3 Å². The average molecular weight is 275 g/mol. The zero-order chi connectivity index (χ0) is 14.5. The third-order valence-electron chi connectivity index (χ3n) is 3.15. The maximum absolute atomic E-state index is 11.9. The van der Waals surface area contributed by atoms with Crippen molar-refractivity contribution in [3.05, 3.63) is 36.9 Å². The number of ether oxygens (including phenoxy) is 1. The van der Waals surface area contributed by atoms with E-state index in [9.17, 15) is 9.59 Å². The van der Waals surface area contributed by atoms with E-state index in [1.54, 1.807) is 35.2 Å². The molecule has 1 saturated heterocycles. The zero-order valence-corrected chi connectivity index (χ0v) is 11.0. The van der Waals surface area contributed by atoms with Crippen LogP contribution in [0, 0.1) is 5.92 Å². The van der Waals surface area contributed by atoms with E-state index < -0.39 is 5.92 Å². The van der Waals surface area contributed by atoms with Crippen molar-refractivity contribution in [1.82, 2.24) is 5.43 Å². The predicted octanol–water partition coefficient (Wildman–Crippen LogP) is 0.594. The number of amides is 2. The number of hydrogen-bond donors (Lipinski definition) is 2. The Morgan fingerprint density at radius 2 is 2.20 bits per heavy atom. The van der Waals surface area contributed by atoms with Gasteiger partial charge >= 0.3 is 0 Å². The Kier molecular flexibility index (Phi) is 4.37. The molecule has 1 aromatic rings. The molecular weight excluding hydrogens is 258 g/mol. The van der Waals surface area contributed by atoms with E-state index in [1.807, 2.05) is 0 Å². The molecule has 0 aromatic heterocycles. The largest absolute Gasteiger partial charge is 0.490 e. The molecule has 1 heterocycles. The lowest BCUT2D eigenvalue weighted by atomic mass is 10.1. The normalized spacial score (nSPS) is 17.9. The minimum atomic E-state index is -0.399. The average Bonchev–Trinajstić information content (AvgIpc) is 2.87. The van der Waals surface area contributed by atoms with Crippen molar-refractivity contribution in [2.45, 2.75) is 6.42 Å². The lowest BCUT2D eigenvalue weighted by Gasteiger charge is -2.17. The number of rotatable bonds is 5. The van der Waals surface area contributed by atoms with Crippen molar-refractivity contribution >= 4 is 17.5 Å². The van der Waals surface area contributed by atoms with E-state index in [2.05, 4.69) is 12.0 Å². The number of nitrogens with zero attached hydrogens (tertiary/aromatic N) is 1. The Morgan fingerprint density at radius 1 is 1.50 bits per heavy atom. The summed E-state index contributed by atoms with van der Waals surface area (Å²) in [6, 6.07) is 7.14. The lowest BCUT2D eigenvalue weighted by Crippen LogP contribution is -2.37. The number of nitrogens with two attached hydrogens (primary N) is 1. The van der Waals surface area contributed by atoms with E-state index in [-0.39, 0.29) is 18.2 Å². The van der Waals surface area contributed by atoms with E-state index in [4.69, 9.17) is 10.6 Å². The molecule has 6 heteroatoms. The molecule has 20 heavy (non-hydrogen) atoms. The van der Waals surface area contributed by atoms with Gasteiger partial charge in [-0.2, -0.15) is 0 Å². The quantitative estimate of drug-likeness (QED) is 0.356. The van der Waals surface area contributed by atoms with E-state index >= 15 is 0 Å². The summed E-state index contributed by atoms with van der Waals surface area (Å²) in [5.74, 6) is 5.00. The van der Waals surface area contributed by atoms with Gasteiger partial charge in [-0.05, 0) is 24.3 Å². The minimum absolute atomic E-state index is 0.0849. The number of anilines is 1. The van der Waals surface area contributed by atoms with Crippen LogP contribution in [-0.4, -0.2) is 25.0 Å². The topological polar surface area (TPSA) is 84.7 Å². The molecule has 0 aliphatic carbocycles. The first-order valence-corrected chi connectivity index (χ1v) is 6.30. The summed E-state index contributed by atoms with van der Waals surface area (Å²) in [6.45, 7) is 4.35. The van der Waals surface area contributed by atoms with Gasteiger partial charge in [0, 0.05) is 18.7 Å². The molecule has 0 saturated carbocycles. The fourth-order valence-electron chi connectivity index (χ4n) is 2.13. The predicted molar refractivity (Wildman–Crippen MR) is 74.9 cm³/mol. The molecule has 1 aliphatic rings. The molecule has 6 nitrogen and oxygen atoms in total. The molecule has 3 N–H and O–H groups in total. The first-order valence-electron chi connectivity index (χ1n) is 6.30. The van der Waals surface area contributed by atoms with Gasteiger partial charge in [0.1, 0.15) is 12.4 Å². The number of carbonyl (C=O) groups excluding carboxylic acids is 2. The van der Waals surface area contributed by atoms with Gasteiger partial charge in [-0.25, -0.2) is 5.84 Å². The van der Waals surface area contributed by atoms with E-state index in [0.717, 1.165) is 5.69 Å². The van der Waals surface area contributed by atoms with Gasteiger partial charge in [0.2, 0.25) is 11.8 Å². The standard InChI is InChI=1S/C14H17N3O3/c1-2-7-20-12-5-3-11(4-6-12)17-9-10(8-13(17)18)14(19)16-15/h2-6,10H,1,7-9,15H2,(H,16,19). The molecule has 1 aromatic carbocycles. The second kappa shape index (κ2) is 6.21. The number of nitrogens with one attached hydrogen (secondary N) is 1. The summed E-state index contributed by atoms with van der Waals surface area (Å²) >= 11 is 0. The molecule has 1 atom stereocenters. The van der Waals surface area contributed by atoms with Crippen molar-refractivity contribution in [2.75, 3.05) is 18.1 Å². The van der Waals surface area contributed by atoms with Crippen LogP contribution in [-0.2, 0) is 9.59 Å². The highest BCUT2D eigenvalue weighted by atomic mass is 16.5. The van der Waals surface area contributed by atoms with E-state index in [0.29, 0.717) is 18.9 Å². The first kappa shape index (κ1) is 14.1. The van der Waals surface area contributed by atoms with Crippen LogP contribution in [0.5, 0.6) is 5.75 Å². The molecule has 0 spiro atoms. The van der Waals surface area contributed by atoms with Crippen LogP contribution < -0.4 is 20.9 Å². The van der Waals surface area contributed by atoms with Crippen LogP contribution in [0.2, 0.25) is 0 Å². The second-order valence-corrected chi connectivity index (χ2v) is 4.51. The maximum atomic E-state index is 11.9. The van der Waals surface area contributed by atoms with Crippen LogP contribution in [0.15, 0.2) is 36.9 Å². The second-order valence-electron chi connectivity index (χ2n) is 4.51. The van der Waals surface area contributed by atoms with Crippen LogP contribution >= 0.6 is 0 Å². The fourth-order valence-corrected chi connectivity index (χ4v) is 2.13. The van der Waals surface area contributed by atoms with Gasteiger partial charge in [-0.1, -0.05) is 12.7 Å². The summed E-state index contributed by atoms with van der Waals surface area (Å²) in [5, 5.41) is 0. The Morgan fingerprint density at radius 3 is 2.80 bits per heavy atom. The maximum Gasteiger partial charge on any atom is 0.239 e. The number of benzene rings is 1. The Bertz CT molecular complexity index is 513.